The largest absolute Gasteiger partial charge is 0.497 e. The second kappa shape index (κ2) is 10.8. The number of methoxy groups -OCH3 is 2. The van der Waals surface area contributed by atoms with E-state index in [4.69, 9.17) is 14.2 Å². The molecule has 0 aliphatic carbocycles. The van der Waals surface area contributed by atoms with Gasteiger partial charge in [-0.2, -0.15) is 0 Å². The van der Waals surface area contributed by atoms with Crippen molar-refractivity contribution in [3.63, 3.8) is 0 Å². The van der Waals surface area contributed by atoms with Crippen molar-refractivity contribution in [1.29, 1.82) is 0 Å². The number of ether oxygens (including phenoxy) is 3. The van der Waals surface area contributed by atoms with E-state index in [9.17, 15) is 14.0 Å². The van der Waals surface area contributed by atoms with E-state index >= 15 is 0 Å². The second-order valence-corrected chi connectivity index (χ2v) is 8.00. The first-order chi connectivity index (χ1) is 17.0. The smallest absolute Gasteiger partial charge is 0.243 e. The summed E-state index contributed by atoms with van der Waals surface area (Å²) in [6.07, 6.45) is 0.124. The van der Waals surface area contributed by atoms with Crippen LogP contribution in [0.4, 0.5) is 15.8 Å². The van der Waals surface area contributed by atoms with E-state index in [0.717, 1.165) is 11.3 Å². The fourth-order valence-corrected chi connectivity index (χ4v) is 3.74. The van der Waals surface area contributed by atoms with Crippen LogP contribution in [0.5, 0.6) is 17.2 Å². The lowest BCUT2D eigenvalue weighted by molar-refractivity contribution is -0.125. The van der Waals surface area contributed by atoms with Crippen molar-refractivity contribution < 1.29 is 28.2 Å². The van der Waals surface area contributed by atoms with Gasteiger partial charge >= 0.3 is 0 Å². The lowest BCUT2D eigenvalue weighted by atomic mass is 10.1. The number of hydrogen-bond acceptors (Lipinski definition) is 6. The Morgan fingerprint density at radius 3 is 2.43 bits per heavy atom. The SMILES string of the molecule is COc1ccc(N2C[C@H](C(=O)NNc3ccc(OCc4ccc(F)cc4)c(OC)c3)CC2=O)cc1. The summed E-state index contributed by atoms with van der Waals surface area (Å²) in [4.78, 5) is 26.8. The highest BCUT2D eigenvalue weighted by molar-refractivity contribution is 6.00. The summed E-state index contributed by atoms with van der Waals surface area (Å²) < 4.78 is 29.4. The van der Waals surface area contributed by atoms with E-state index in [0.29, 0.717) is 22.9 Å². The van der Waals surface area contributed by atoms with Gasteiger partial charge in [0.2, 0.25) is 11.8 Å². The molecule has 0 spiro atoms. The van der Waals surface area contributed by atoms with Gasteiger partial charge in [0.1, 0.15) is 18.2 Å². The molecule has 2 N–H and O–H groups in total. The molecule has 4 rings (SSSR count). The monoisotopic (exact) mass is 479 g/mol. The van der Waals surface area contributed by atoms with Crippen molar-refractivity contribution in [2.75, 3.05) is 31.1 Å². The standard InChI is InChI=1S/C26H26FN3O5/c1-33-22-10-8-21(9-11-22)30-15-18(13-25(30)31)26(32)29-28-20-7-12-23(24(14-20)34-2)35-16-17-3-5-19(27)6-4-17/h3-12,14,18,28H,13,15-16H2,1-2H3,(H,29,32)/t18-/m1/s1. The highest BCUT2D eigenvalue weighted by atomic mass is 19.1. The van der Waals surface area contributed by atoms with E-state index < -0.39 is 5.92 Å². The van der Waals surface area contributed by atoms with Crippen LogP contribution in [0.3, 0.4) is 0 Å². The lowest BCUT2D eigenvalue weighted by Gasteiger charge is -2.17. The maximum absolute atomic E-state index is 13.1. The first kappa shape index (κ1) is 23.9. The highest BCUT2D eigenvalue weighted by Crippen LogP contribution is 2.31. The Balaban J connectivity index is 1.32. The molecule has 2 amide bonds. The van der Waals surface area contributed by atoms with Crippen LogP contribution >= 0.6 is 0 Å². The summed E-state index contributed by atoms with van der Waals surface area (Å²) in [5.41, 5.74) is 7.65. The van der Waals surface area contributed by atoms with E-state index in [-0.39, 0.29) is 37.2 Å². The van der Waals surface area contributed by atoms with Crippen molar-refractivity contribution in [1.82, 2.24) is 5.43 Å². The molecule has 8 nitrogen and oxygen atoms in total. The Hall–Kier alpha value is -4.27. The third-order valence-electron chi connectivity index (χ3n) is 5.68. The van der Waals surface area contributed by atoms with Gasteiger partial charge < -0.3 is 19.1 Å². The number of halogens is 1. The van der Waals surface area contributed by atoms with Crippen LogP contribution in [0.15, 0.2) is 66.7 Å². The van der Waals surface area contributed by atoms with Crippen LogP contribution in [0.25, 0.3) is 0 Å². The van der Waals surface area contributed by atoms with Crippen LogP contribution in [0.2, 0.25) is 0 Å². The minimum absolute atomic E-state index is 0.111. The molecule has 1 saturated heterocycles. The summed E-state index contributed by atoms with van der Waals surface area (Å²) >= 11 is 0. The Kier molecular flexibility index (Phi) is 7.35. The number of benzene rings is 3. The summed E-state index contributed by atoms with van der Waals surface area (Å²) in [5, 5.41) is 0. The predicted octanol–water partition coefficient (Wildman–Crippen LogP) is 3.92. The van der Waals surface area contributed by atoms with E-state index in [1.807, 2.05) is 0 Å². The third-order valence-corrected chi connectivity index (χ3v) is 5.68. The molecule has 35 heavy (non-hydrogen) atoms. The quantitative estimate of drug-likeness (QED) is 0.453. The number of nitrogens with one attached hydrogen (secondary N) is 2. The Morgan fingerprint density at radius 2 is 1.74 bits per heavy atom. The van der Waals surface area contributed by atoms with E-state index in [1.54, 1.807) is 66.6 Å². The second-order valence-electron chi connectivity index (χ2n) is 8.00. The molecule has 0 radical (unpaired) electrons. The summed E-state index contributed by atoms with van der Waals surface area (Å²) in [6.45, 7) is 0.540. The van der Waals surface area contributed by atoms with Gasteiger partial charge in [-0.3, -0.25) is 20.4 Å². The minimum Gasteiger partial charge on any atom is -0.497 e. The van der Waals surface area contributed by atoms with E-state index in [2.05, 4.69) is 10.9 Å². The summed E-state index contributed by atoms with van der Waals surface area (Å²) in [7, 11) is 3.09. The molecule has 0 aromatic heterocycles. The van der Waals surface area contributed by atoms with Gasteiger partial charge in [-0.05, 0) is 54.1 Å². The molecule has 1 aliphatic rings. The Morgan fingerprint density at radius 1 is 1.00 bits per heavy atom. The molecule has 0 bridgehead atoms. The fourth-order valence-electron chi connectivity index (χ4n) is 3.74. The summed E-state index contributed by atoms with van der Waals surface area (Å²) in [5.74, 6) is 0.473. The Labute approximate surface area is 202 Å². The van der Waals surface area contributed by atoms with Gasteiger partial charge in [-0.25, -0.2) is 4.39 Å². The van der Waals surface area contributed by atoms with Crippen molar-refractivity contribution >= 4 is 23.2 Å². The normalized spacial score (nSPS) is 15.0. The molecule has 1 atom stereocenters. The zero-order chi connectivity index (χ0) is 24.8. The molecule has 3 aromatic carbocycles. The van der Waals surface area contributed by atoms with Crippen molar-refractivity contribution in [2.24, 2.45) is 5.92 Å². The predicted molar refractivity (Wildman–Crippen MR) is 129 cm³/mol. The average molecular weight is 480 g/mol. The molecular formula is C26H26FN3O5. The van der Waals surface area contributed by atoms with Crippen LogP contribution in [0.1, 0.15) is 12.0 Å². The maximum Gasteiger partial charge on any atom is 0.243 e. The van der Waals surface area contributed by atoms with Gasteiger partial charge in [-0.15, -0.1) is 0 Å². The van der Waals surface area contributed by atoms with E-state index in [1.165, 1.54) is 19.2 Å². The van der Waals surface area contributed by atoms with Crippen LogP contribution in [0, 0.1) is 11.7 Å². The third kappa shape index (κ3) is 5.81. The first-order valence-corrected chi connectivity index (χ1v) is 11.0. The molecule has 1 fully saturated rings. The molecule has 182 valence electrons. The number of hydrazine groups is 1. The number of anilines is 2. The summed E-state index contributed by atoms with van der Waals surface area (Å²) in [6, 6.07) is 18.3. The fraction of sp³-hybridized carbons (Fsp3) is 0.231. The molecule has 3 aromatic rings. The number of hydrogen-bond donors (Lipinski definition) is 2. The van der Waals surface area contributed by atoms with Gasteiger partial charge in [0.25, 0.3) is 0 Å². The number of amides is 2. The zero-order valence-corrected chi connectivity index (χ0v) is 19.4. The minimum atomic E-state index is -0.489. The molecule has 0 unspecified atom stereocenters. The highest BCUT2D eigenvalue weighted by Gasteiger charge is 2.35. The molecule has 0 saturated carbocycles. The topological polar surface area (TPSA) is 89.1 Å². The molecular weight excluding hydrogens is 453 g/mol. The van der Waals surface area contributed by atoms with Crippen molar-refractivity contribution in [3.05, 3.63) is 78.1 Å². The van der Waals surface area contributed by atoms with Gasteiger partial charge in [0.05, 0.1) is 25.8 Å². The van der Waals surface area contributed by atoms with Gasteiger partial charge in [0, 0.05) is 24.7 Å². The van der Waals surface area contributed by atoms with Gasteiger partial charge in [0.15, 0.2) is 11.5 Å². The molecule has 1 heterocycles. The number of carbonyl (C=O) groups excluding carboxylic acids is 2. The van der Waals surface area contributed by atoms with Gasteiger partial charge in [-0.1, -0.05) is 12.1 Å². The first-order valence-electron chi connectivity index (χ1n) is 11.0. The number of carbonyl (C=O) groups is 2. The number of nitrogens with zero attached hydrogens (tertiary/aromatic N) is 1. The molecule has 1 aliphatic heterocycles. The maximum atomic E-state index is 13.1. The zero-order valence-electron chi connectivity index (χ0n) is 19.4. The lowest BCUT2D eigenvalue weighted by Crippen LogP contribution is -2.36. The van der Waals surface area contributed by atoms with Crippen molar-refractivity contribution in [2.45, 2.75) is 13.0 Å². The number of rotatable bonds is 9. The molecule has 9 heteroatoms. The van der Waals surface area contributed by atoms with Crippen LogP contribution in [-0.4, -0.2) is 32.6 Å². The van der Waals surface area contributed by atoms with Crippen molar-refractivity contribution in [3.8, 4) is 17.2 Å². The van der Waals surface area contributed by atoms with Crippen LogP contribution < -0.4 is 30.0 Å². The van der Waals surface area contributed by atoms with Crippen LogP contribution in [-0.2, 0) is 16.2 Å². The average Bonchev–Trinajstić information content (AvgIpc) is 3.28. The Bertz CT molecular complexity index is 1180.